The molecule has 2 aromatic heterocycles. The molecular weight excluding hydrogens is 284 g/mol. The summed E-state index contributed by atoms with van der Waals surface area (Å²) in [6.45, 7) is 6.38. The van der Waals surface area contributed by atoms with Gasteiger partial charge in [0.2, 0.25) is 0 Å². The molecule has 5 nitrogen and oxygen atoms in total. The van der Waals surface area contributed by atoms with E-state index in [9.17, 15) is 0 Å². The highest BCUT2D eigenvalue weighted by Crippen LogP contribution is 2.25. The van der Waals surface area contributed by atoms with Gasteiger partial charge >= 0.3 is 0 Å². The summed E-state index contributed by atoms with van der Waals surface area (Å²) in [4.78, 5) is 13.1. The summed E-state index contributed by atoms with van der Waals surface area (Å²) in [6, 6.07) is 2.14. The molecule has 0 saturated carbocycles. The minimum atomic E-state index is 0.713. The summed E-state index contributed by atoms with van der Waals surface area (Å²) in [6.07, 6.45) is 5.53. The van der Waals surface area contributed by atoms with Gasteiger partial charge < -0.3 is 10.1 Å². The Kier molecular flexibility index (Phi) is 6.10. The van der Waals surface area contributed by atoms with Crippen molar-refractivity contribution in [2.75, 3.05) is 20.3 Å². The molecule has 0 aliphatic rings. The van der Waals surface area contributed by atoms with Crippen LogP contribution in [0.4, 0.5) is 0 Å². The monoisotopic (exact) mass is 304 g/mol. The molecule has 2 aromatic rings. The molecule has 0 radical (unpaired) electrons. The third-order valence-corrected chi connectivity index (χ3v) is 3.86. The van der Waals surface area contributed by atoms with E-state index in [0.29, 0.717) is 6.61 Å². The zero-order chi connectivity index (χ0) is 15.1. The van der Waals surface area contributed by atoms with Crippen LogP contribution < -0.4 is 5.32 Å². The fraction of sp³-hybridized carbons (Fsp3) is 0.400. The van der Waals surface area contributed by atoms with Crippen molar-refractivity contribution < 1.29 is 4.74 Å². The Hall–Kier alpha value is -1.50. The summed E-state index contributed by atoms with van der Waals surface area (Å²) in [5, 5.41) is 4.98. The molecule has 0 aliphatic carbocycles. The van der Waals surface area contributed by atoms with Crippen LogP contribution in [0.2, 0.25) is 0 Å². The van der Waals surface area contributed by atoms with Crippen LogP contribution in [-0.4, -0.2) is 35.2 Å². The molecule has 21 heavy (non-hydrogen) atoms. The summed E-state index contributed by atoms with van der Waals surface area (Å²) in [5.74, 6) is 0. The molecule has 1 N–H and O–H groups in total. The quantitative estimate of drug-likeness (QED) is 0.626. The zero-order valence-electron chi connectivity index (χ0n) is 12.6. The van der Waals surface area contributed by atoms with E-state index in [1.165, 1.54) is 11.8 Å². The Labute approximate surface area is 129 Å². The second kappa shape index (κ2) is 8.07. The molecule has 2 heterocycles. The van der Waals surface area contributed by atoms with Crippen molar-refractivity contribution in [2.45, 2.75) is 30.6 Å². The largest absolute Gasteiger partial charge is 0.383 e. The van der Waals surface area contributed by atoms with Crippen LogP contribution in [-0.2, 0) is 11.3 Å². The average molecular weight is 304 g/mol. The first-order valence-corrected chi connectivity index (χ1v) is 7.62. The van der Waals surface area contributed by atoms with Gasteiger partial charge in [-0.2, -0.15) is 0 Å². The van der Waals surface area contributed by atoms with Gasteiger partial charge in [0.25, 0.3) is 0 Å². The van der Waals surface area contributed by atoms with Crippen LogP contribution in [0.25, 0.3) is 0 Å². The summed E-state index contributed by atoms with van der Waals surface area (Å²) < 4.78 is 5.00. The van der Waals surface area contributed by atoms with Crippen LogP contribution in [0, 0.1) is 13.8 Å². The number of pyridine rings is 1. The molecule has 0 bridgehead atoms. The van der Waals surface area contributed by atoms with Gasteiger partial charge in [0.1, 0.15) is 5.03 Å². The lowest BCUT2D eigenvalue weighted by atomic mass is 10.2. The van der Waals surface area contributed by atoms with Gasteiger partial charge in [0.15, 0.2) is 5.16 Å². The molecule has 0 amide bonds. The van der Waals surface area contributed by atoms with Gasteiger partial charge in [-0.25, -0.2) is 15.0 Å². The number of methoxy groups -OCH3 is 1. The highest BCUT2D eigenvalue weighted by molar-refractivity contribution is 7.99. The molecule has 0 unspecified atom stereocenters. The Morgan fingerprint density at radius 2 is 1.90 bits per heavy atom. The first-order valence-electron chi connectivity index (χ1n) is 6.80. The number of aryl methyl sites for hydroxylation is 2. The fourth-order valence-electron chi connectivity index (χ4n) is 1.75. The minimum absolute atomic E-state index is 0.713. The van der Waals surface area contributed by atoms with Crippen molar-refractivity contribution in [1.29, 1.82) is 0 Å². The summed E-state index contributed by atoms with van der Waals surface area (Å²) in [7, 11) is 1.70. The van der Waals surface area contributed by atoms with Crippen molar-refractivity contribution in [3.8, 4) is 0 Å². The Bertz CT molecular complexity index is 574. The number of hydrogen-bond acceptors (Lipinski definition) is 6. The lowest BCUT2D eigenvalue weighted by molar-refractivity contribution is 0.199. The van der Waals surface area contributed by atoms with Crippen LogP contribution in [0.1, 0.15) is 16.7 Å². The smallest absolute Gasteiger partial charge is 0.193 e. The summed E-state index contributed by atoms with van der Waals surface area (Å²) >= 11 is 1.49. The molecule has 112 valence electrons. The van der Waals surface area contributed by atoms with Gasteiger partial charge in [-0.3, -0.25) is 0 Å². The standard InChI is InChI=1S/C15H20N4OS/c1-11-7-18-15(19-8-11)21-14-12(2)6-13(10-17-14)9-16-4-5-20-3/h6-8,10,16H,4-5,9H2,1-3H3. The maximum atomic E-state index is 5.00. The number of nitrogens with zero attached hydrogens (tertiary/aromatic N) is 3. The molecule has 0 saturated heterocycles. The second-order valence-electron chi connectivity index (χ2n) is 4.78. The maximum Gasteiger partial charge on any atom is 0.193 e. The number of aromatic nitrogens is 3. The molecule has 6 heteroatoms. The Morgan fingerprint density at radius 3 is 2.57 bits per heavy atom. The first-order chi connectivity index (χ1) is 10.2. The van der Waals surface area contributed by atoms with Gasteiger partial charge in [-0.1, -0.05) is 6.07 Å². The van der Waals surface area contributed by atoms with Crippen LogP contribution >= 0.6 is 11.8 Å². The topological polar surface area (TPSA) is 59.9 Å². The van der Waals surface area contributed by atoms with E-state index in [4.69, 9.17) is 4.74 Å². The average Bonchev–Trinajstić information content (AvgIpc) is 2.48. The van der Waals surface area contributed by atoms with Crippen LogP contribution in [0.5, 0.6) is 0 Å². The van der Waals surface area contributed by atoms with Crippen LogP contribution in [0.3, 0.4) is 0 Å². The fourth-order valence-corrected chi connectivity index (χ4v) is 2.46. The zero-order valence-corrected chi connectivity index (χ0v) is 13.4. The number of hydrogen-bond donors (Lipinski definition) is 1. The predicted octanol–water partition coefficient (Wildman–Crippen LogP) is 2.38. The lowest BCUT2D eigenvalue weighted by Crippen LogP contribution is -2.18. The van der Waals surface area contributed by atoms with Crippen LogP contribution in [0.15, 0.2) is 34.8 Å². The van der Waals surface area contributed by atoms with E-state index >= 15 is 0 Å². The Morgan fingerprint density at radius 1 is 1.14 bits per heavy atom. The molecule has 2 rings (SSSR count). The van der Waals surface area contributed by atoms with Crippen molar-refractivity contribution in [3.63, 3.8) is 0 Å². The van der Waals surface area contributed by atoms with Gasteiger partial charge in [-0.15, -0.1) is 0 Å². The molecular formula is C15H20N4OS. The van der Waals surface area contributed by atoms with Gasteiger partial charge in [-0.05, 0) is 42.3 Å². The molecule has 0 aliphatic heterocycles. The lowest BCUT2D eigenvalue weighted by Gasteiger charge is -2.08. The minimum Gasteiger partial charge on any atom is -0.383 e. The molecule has 0 atom stereocenters. The van der Waals surface area contributed by atoms with Gasteiger partial charge in [0, 0.05) is 38.8 Å². The number of rotatable bonds is 7. The SMILES string of the molecule is COCCNCc1cnc(Sc2ncc(C)cn2)c(C)c1. The van der Waals surface area contributed by atoms with E-state index in [1.54, 1.807) is 7.11 Å². The normalized spacial score (nSPS) is 10.8. The predicted molar refractivity (Wildman–Crippen MR) is 83.4 cm³/mol. The third kappa shape index (κ3) is 5.08. The van der Waals surface area contributed by atoms with Crippen molar-refractivity contribution in [1.82, 2.24) is 20.3 Å². The first kappa shape index (κ1) is 15.9. The van der Waals surface area contributed by atoms with Gasteiger partial charge in [0.05, 0.1) is 6.61 Å². The highest BCUT2D eigenvalue weighted by atomic mass is 32.2. The molecule has 0 aromatic carbocycles. The maximum absolute atomic E-state index is 5.00. The van der Waals surface area contributed by atoms with E-state index in [2.05, 4.69) is 33.3 Å². The second-order valence-corrected chi connectivity index (χ2v) is 5.74. The highest BCUT2D eigenvalue weighted by Gasteiger charge is 2.06. The summed E-state index contributed by atoms with van der Waals surface area (Å²) in [5.41, 5.74) is 3.36. The van der Waals surface area contributed by atoms with E-state index in [1.807, 2.05) is 25.5 Å². The van der Waals surface area contributed by atoms with E-state index in [-0.39, 0.29) is 0 Å². The van der Waals surface area contributed by atoms with E-state index < -0.39 is 0 Å². The van der Waals surface area contributed by atoms with Crippen molar-refractivity contribution in [3.05, 3.63) is 41.3 Å². The van der Waals surface area contributed by atoms with Crippen molar-refractivity contribution >= 4 is 11.8 Å². The molecule has 0 spiro atoms. The van der Waals surface area contributed by atoms with E-state index in [0.717, 1.165) is 40.0 Å². The Balaban J connectivity index is 1.97. The number of ether oxygens (including phenoxy) is 1. The number of nitrogens with one attached hydrogen (secondary N) is 1. The van der Waals surface area contributed by atoms with Crippen molar-refractivity contribution in [2.24, 2.45) is 0 Å². The molecule has 0 fully saturated rings. The third-order valence-electron chi connectivity index (χ3n) is 2.84.